The molecule has 0 amide bonds. The summed E-state index contributed by atoms with van der Waals surface area (Å²) in [6, 6.07) is 0. The molecule has 0 fully saturated rings. The molecule has 0 aromatic heterocycles. The molecular weight excluding hydrogens is 82.0 g/mol. The van der Waals surface area contributed by atoms with Crippen LogP contribution in [0.5, 0.6) is 0 Å². The smallest absolute Gasteiger partial charge is 0.289 e. The Morgan fingerprint density at radius 1 is 2.00 bits per heavy atom. The third-order valence-corrected chi connectivity index (χ3v) is 0.233. The van der Waals surface area contributed by atoms with Crippen molar-refractivity contribution in [2.45, 2.75) is 0 Å². The molecular formula is C3H5NO2. The van der Waals surface area contributed by atoms with Gasteiger partial charge in [-0.2, -0.15) is 0 Å². The largest absolute Gasteiger partial charge is 0.856 e. The van der Waals surface area contributed by atoms with Crippen molar-refractivity contribution in [2.24, 2.45) is 0 Å². The fourth-order valence-corrected chi connectivity index (χ4v) is 0.0927. The lowest BCUT2D eigenvalue weighted by Gasteiger charge is -1.90. The fourth-order valence-electron chi connectivity index (χ4n) is 0.0927. The molecule has 0 aliphatic carbocycles. The van der Waals surface area contributed by atoms with Crippen molar-refractivity contribution in [3.63, 3.8) is 0 Å². The van der Waals surface area contributed by atoms with Crippen LogP contribution in [-0.4, -0.2) is 19.3 Å². The van der Waals surface area contributed by atoms with Gasteiger partial charge in [0, 0.05) is 0 Å². The van der Waals surface area contributed by atoms with E-state index >= 15 is 0 Å². The quantitative estimate of drug-likeness (QED) is 0.254. The number of carbonyl (C=O) groups excluding carboxylic acids is 1. The van der Waals surface area contributed by atoms with E-state index in [1.165, 1.54) is 0 Å². The Hall–Kier alpha value is -0.860. The highest BCUT2D eigenvalue weighted by Gasteiger charge is 1.78. The first kappa shape index (κ1) is 5.14. The first-order valence-electron chi connectivity index (χ1n) is 1.39. The first-order valence-corrected chi connectivity index (χ1v) is 1.39. The van der Waals surface area contributed by atoms with Crippen LogP contribution in [0.1, 0.15) is 0 Å². The van der Waals surface area contributed by atoms with E-state index in [2.05, 4.69) is 11.2 Å². The zero-order valence-electron chi connectivity index (χ0n) is 3.23. The second-order valence-corrected chi connectivity index (χ2v) is 0.772. The van der Waals surface area contributed by atoms with E-state index < -0.39 is 5.90 Å². The van der Waals surface area contributed by atoms with Crippen LogP contribution in [0.25, 0.3) is 0 Å². The van der Waals surface area contributed by atoms with Gasteiger partial charge in [0.2, 0.25) is 0 Å². The molecule has 1 N–H and O–H groups in total. The van der Waals surface area contributed by atoms with E-state index in [-0.39, 0.29) is 6.61 Å². The van der Waals surface area contributed by atoms with Crippen LogP contribution >= 0.6 is 0 Å². The van der Waals surface area contributed by atoms with Crippen molar-refractivity contribution in [3.05, 3.63) is 0 Å². The molecule has 0 bridgehead atoms. The summed E-state index contributed by atoms with van der Waals surface area (Å²) in [5.74, 6) is -0.745. The molecule has 0 unspecified atom stereocenters. The molecule has 0 rings (SSSR count). The van der Waals surface area contributed by atoms with Crippen molar-refractivity contribution in [2.75, 3.05) is 6.61 Å². The second-order valence-electron chi connectivity index (χ2n) is 0.772. The molecule has 0 heterocycles. The van der Waals surface area contributed by atoms with Gasteiger partial charge in [0.05, 0.1) is 5.90 Å². The molecule has 0 radical (unpaired) electrons. The Kier molecular flexibility index (Phi) is 2.04. The maximum absolute atomic E-state index is 9.55. The Bertz CT molecular complexity index is 69.2. The van der Waals surface area contributed by atoms with Crippen molar-refractivity contribution < 1.29 is 9.53 Å². The van der Waals surface area contributed by atoms with Gasteiger partial charge in [0.1, 0.15) is 0 Å². The molecule has 0 atom stereocenters. The molecule has 0 aliphatic rings. The highest BCUT2D eigenvalue weighted by molar-refractivity contribution is 5.68. The van der Waals surface area contributed by atoms with Crippen LogP contribution in [0.3, 0.4) is 0 Å². The Morgan fingerprint density at radius 2 is 2.50 bits per heavy atom. The van der Waals surface area contributed by atoms with Crippen LogP contribution < -0.4 is 5.11 Å². The van der Waals surface area contributed by atoms with E-state index in [4.69, 9.17) is 5.41 Å². The number of nitrogens with one attached hydrogen (secondary N) is 1. The van der Waals surface area contributed by atoms with Gasteiger partial charge in [-0.25, -0.2) is 0 Å². The zero-order chi connectivity index (χ0) is 4.99. The van der Waals surface area contributed by atoms with Gasteiger partial charge in [-0.05, 0) is 0 Å². The van der Waals surface area contributed by atoms with Crippen LogP contribution in [0, 0.1) is 5.41 Å². The summed E-state index contributed by atoms with van der Waals surface area (Å²) >= 11 is 0. The van der Waals surface area contributed by atoms with E-state index in [1.54, 1.807) is 0 Å². The average Bonchev–Trinajstić information content (AvgIpc) is 1.35. The number of rotatable bonds is 2. The van der Waals surface area contributed by atoms with Crippen molar-refractivity contribution in [1.82, 2.24) is 0 Å². The standard InChI is InChI=1S/C3H5NO2/c1-6-2-3(4)5/h1-2H2,(H-,4,5). The molecule has 0 aliphatic heterocycles. The Labute approximate surface area is 35.4 Å². The molecule has 6 heavy (non-hydrogen) atoms. The lowest BCUT2D eigenvalue weighted by molar-refractivity contribution is -0.442. The first-order chi connectivity index (χ1) is 2.77. The fraction of sp³-hybridized carbons (Fsp3) is 0.333. The van der Waals surface area contributed by atoms with E-state index in [1.807, 2.05) is 0 Å². The molecule has 34 valence electrons. The SMILES string of the molecule is C=[O+]CC(=N)[O-]. The molecule has 3 heteroatoms. The van der Waals surface area contributed by atoms with Crippen molar-refractivity contribution >= 4 is 12.7 Å². The van der Waals surface area contributed by atoms with Gasteiger partial charge in [0.25, 0.3) is 13.4 Å². The van der Waals surface area contributed by atoms with Crippen LogP contribution in [0.15, 0.2) is 0 Å². The Morgan fingerprint density at radius 3 is 2.50 bits per heavy atom. The maximum atomic E-state index is 9.55. The second kappa shape index (κ2) is 2.38. The van der Waals surface area contributed by atoms with Crippen LogP contribution in [-0.2, 0) is 4.42 Å². The van der Waals surface area contributed by atoms with E-state index in [0.717, 1.165) is 0 Å². The molecule has 0 saturated heterocycles. The van der Waals surface area contributed by atoms with Gasteiger partial charge >= 0.3 is 0 Å². The van der Waals surface area contributed by atoms with Crippen LogP contribution in [0.4, 0.5) is 0 Å². The van der Waals surface area contributed by atoms with Crippen molar-refractivity contribution in [1.29, 1.82) is 5.41 Å². The molecule has 0 saturated carbocycles. The lowest BCUT2D eigenvalue weighted by Crippen LogP contribution is -2.19. The zero-order valence-corrected chi connectivity index (χ0v) is 3.23. The van der Waals surface area contributed by atoms with Crippen molar-refractivity contribution in [3.8, 4) is 0 Å². The third kappa shape index (κ3) is 3.14. The van der Waals surface area contributed by atoms with Gasteiger partial charge < -0.3 is 10.5 Å². The summed E-state index contributed by atoms with van der Waals surface area (Å²) in [7, 11) is 0. The maximum Gasteiger partial charge on any atom is 0.289 e. The topological polar surface area (TPSA) is 58.2 Å². The normalized spacial score (nSPS) is 7.33. The monoisotopic (exact) mass is 87.0 g/mol. The van der Waals surface area contributed by atoms with Gasteiger partial charge in [-0.15, -0.1) is 0 Å². The summed E-state index contributed by atoms with van der Waals surface area (Å²) in [5, 5.41) is 15.7. The van der Waals surface area contributed by atoms with E-state index in [9.17, 15) is 5.11 Å². The summed E-state index contributed by atoms with van der Waals surface area (Å²) in [5.41, 5.74) is 0. The number of hydrogen-bond donors (Lipinski definition) is 1. The van der Waals surface area contributed by atoms with Gasteiger partial charge in [0.15, 0.2) is 0 Å². The summed E-state index contributed by atoms with van der Waals surface area (Å²) in [6.45, 7) is 2.68. The minimum absolute atomic E-state index is 0.208. The third-order valence-electron chi connectivity index (χ3n) is 0.233. The van der Waals surface area contributed by atoms with Crippen LogP contribution in [0.2, 0.25) is 0 Å². The Balaban J connectivity index is 3.05. The number of hydrogen-bond acceptors (Lipinski definition) is 2. The summed E-state index contributed by atoms with van der Waals surface area (Å²) in [6.07, 6.45) is 0. The van der Waals surface area contributed by atoms with E-state index in [0.29, 0.717) is 0 Å². The molecule has 0 aromatic rings. The highest BCUT2D eigenvalue weighted by Crippen LogP contribution is 1.49. The molecule has 0 aromatic carbocycles. The molecule has 0 spiro atoms. The average molecular weight is 87.1 g/mol. The highest BCUT2D eigenvalue weighted by atomic mass is 16.4. The lowest BCUT2D eigenvalue weighted by atomic mass is 10.7. The minimum atomic E-state index is -0.745. The predicted octanol–water partition coefficient (Wildman–Crippen LogP) is -1.31. The summed E-state index contributed by atoms with van der Waals surface area (Å²) < 4.78 is 4.02. The minimum Gasteiger partial charge on any atom is -0.856 e. The molecule has 3 nitrogen and oxygen atoms in total. The van der Waals surface area contributed by atoms with Gasteiger partial charge in [-0.3, -0.25) is 4.42 Å². The van der Waals surface area contributed by atoms with Gasteiger partial charge in [-0.1, -0.05) is 0 Å². The predicted molar refractivity (Wildman–Crippen MR) is 19.7 cm³/mol. The summed E-state index contributed by atoms with van der Waals surface area (Å²) in [4.78, 5) is 0.